The van der Waals surface area contributed by atoms with Crippen LogP contribution in [0.4, 0.5) is 11.4 Å². The minimum atomic E-state index is -0.869. The molecule has 3 aromatic rings. The topological polar surface area (TPSA) is 49.9 Å². The highest BCUT2D eigenvalue weighted by Gasteiger charge is 2.60. The summed E-state index contributed by atoms with van der Waals surface area (Å²) in [7, 11) is 0. The number of hydrogen-bond acceptors (Lipinski definition) is 4. The summed E-state index contributed by atoms with van der Waals surface area (Å²) in [6.07, 6.45) is -0.869. The van der Waals surface area contributed by atoms with Crippen molar-refractivity contribution >= 4 is 39.1 Å². The molecule has 0 bridgehead atoms. The number of hydrogen-bond donors (Lipinski definition) is 0. The van der Waals surface area contributed by atoms with Gasteiger partial charge in [0.05, 0.1) is 17.4 Å². The molecule has 0 aromatic heterocycles. The Labute approximate surface area is 195 Å². The normalized spacial score (nSPS) is 22.6. The van der Waals surface area contributed by atoms with Crippen LogP contribution in [0, 0.1) is 26.7 Å². The van der Waals surface area contributed by atoms with Crippen molar-refractivity contribution in [1.29, 1.82) is 0 Å². The Kier molecular flexibility index (Phi) is 5.14. The number of aryl methyl sites for hydroxylation is 3. The molecule has 3 unspecified atom stereocenters. The standard InChI is InChI=1S/C26H23BrN2O3/c1-15-12-16(2)22(17(3)13-15)28-25(30)21-23(18-8-7-9-19(27)14-18)29(32-24(21)26(28)31)20-10-5-4-6-11-20/h4-14,21,23-24H,1-3H3. The third-order valence-electron chi connectivity index (χ3n) is 6.18. The number of amides is 2. The summed E-state index contributed by atoms with van der Waals surface area (Å²) in [4.78, 5) is 34.9. The summed E-state index contributed by atoms with van der Waals surface area (Å²) in [6.45, 7) is 5.89. The number of hydroxylamine groups is 1. The van der Waals surface area contributed by atoms with Gasteiger partial charge in [-0.1, -0.05) is 64.0 Å². The van der Waals surface area contributed by atoms with E-state index in [2.05, 4.69) is 15.9 Å². The highest BCUT2D eigenvalue weighted by atomic mass is 79.9. The predicted molar refractivity (Wildman–Crippen MR) is 127 cm³/mol. The Morgan fingerprint density at radius 2 is 1.53 bits per heavy atom. The van der Waals surface area contributed by atoms with Crippen LogP contribution in [0.15, 0.2) is 71.2 Å². The van der Waals surface area contributed by atoms with Gasteiger partial charge in [-0.3, -0.25) is 14.4 Å². The summed E-state index contributed by atoms with van der Waals surface area (Å²) >= 11 is 3.54. The van der Waals surface area contributed by atoms with Crippen LogP contribution < -0.4 is 9.96 Å². The number of imide groups is 1. The number of halogens is 1. The molecule has 162 valence electrons. The van der Waals surface area contributed by atoms with Crippen molar-refractivity contribution in [3.63, 3.8) is 0 Å². The Morgan fingerprint density at radius 3 is 2.19 bits per heavy atom. The summed E-state index contributed by atoms with van der Waals surface area (Å²) in [5.74, 6) is -1.18. The van der Waals surface area contributed by atoms with Gasteiger partial charge in [-0.05, 0) is 61.7 Å². The molecule has 2 fully saturated rings. The number of anilines is 2. The maximum Gasteiger partial charge on any atom is 0.266 e. The molecule has 32 heavy (non-hydrogen) atoms. The van der Waals surface area contributed by atoms with Crippen LogP contribution in [0.1, 0.15) is 28.3 Å². The lowest BCUT2D eigenvalue weighted by Gasteiger charge is -2.29. The van der Waals surface area contributed by atoms with E-state index >= 15 is 0 Å². The third-order valence-corrected chi connectivity index (χ3v) is 6.67. The predicted octanol–water partition coefficient (Wildman–Crippen LogP) is 5.43. The zero-order valence-corrected chi connectivity index (χ0v) is 19.7. The van der Waals surface area contributed by atoms with Crippen LogP contribution in [-0.2, 0) is 14.4 Å². The van der Waals surface area contributed by atoms with Crippen LogP contribution in [0.2, 0.25) is 0 Å². The minimum absolute atomic E-state index is 0.224. The number of rotatable bonds is 3. The van der Waals surface area contributed by atoms with Crippen molar-refractivity contribution in [2.45, 2.75) is 32.9 Å². The number of carbonyl (C=O) groups excluding carboxylic acids is 2. The van der Waals surface area contributed by atoms with Crippen LogP contribution in [-0.4, -0.2) is 17.9 Å². The molecule has 0 spiro atoms. The molecule has 2 amide bonds. The second kappa shape index (κ2) is 7.87. The molecular weight excluding hydrogens is 468 g/mol. The molecule has 5 rings (SSSR count). The van der Waals surface area contributed by atoms with E-state index in [0.717, 1.165) is 32.4 Å². The van der Waals surface area contributed by atoms with Gasteiger partial charge in [0.25, 0.3) is 5.91 Å². The lowest BCUT2D eigenvalue weighted by Crippen LogP contribution is -2.38. The van der Waals surface area contributed by atoms with Crippen LogP contribution in [0.5, 0.6) is 0 Å². The van der Waals surface area contributed by atoms with Crippen LogP contribution in [0.25, 0.3) is 0 Å². The van der Waals surface area contributed by atoms with Crippen molar-refractivity contribution in [3.05, 3.63) is 93.5 Å². The van der Waals surface area contributed by atoms with Gasteiger partial charge < -0.3 is 0 Å². The molecule has 2 heterocycles. The zero-order valence-electron chi connectivity index (χ0n) is 18.1. The first-order chi connectivity index (χ1) is 15.4. The van der Waals surface area contributed by atoms with E-state index in [1.165, 1.54) is 4.90 Å². The molecule has 2 aliphatic rings. The molecule has 2 saturated heterocycles. The first-order valence-corrected chi connectivity index (χ1v) is 11.4. The number of benzene rings is 3. The fourth-order valence-electron chi connectivity index (χ4n) is 4.99. The highest BCUT2D eigenvalue weighted by molar-refractivity contribution is 9.10. The average Bonchev–Trinajstić information content (AvgIpc) is 3.26. The average molecular weight is 491 g/mol. The van der Waals surface area contributed by atoms with Crippen molar-refractivity contribution in [1.82, 2.24) is 0 Å². The van der Waals surface area contributed by atoms with Gasteiger partial charge in [0.1, 0.15) is 5.92 Å². The van der Waals surface area contributed by atoms with Crippen molar-refractivity contribution in [2.24, 2.45) is 5.92 Å². The molecular formula is C26H23BrN2O3. The second-order valence-corrected chi connectivity index (χ2v) is 9.39. The smallest absolute Gasteiger partial charge is 0.266 e. The first kappa shape index (κ1) is 20.9. The molecule has 0 aliphatic carbocycles. The third kappa shape index (κ3) is 3.26. The first-order valence-electron chi connectivity index (χ1n) is 10.6. The molecule has 0 radical (unpaired) electrons. The lowest BCUT2D eigenvalue weighted by atomic mass is 9.90. The monoisotopic (exact) mass is 490 g/mol. The Bertz CT molecular complexity index is 1200. The summed E-state index contributed by atoms with van der Waals surface area (Å²) in [5.41, 5.74) is 5.30. The Morgan fingerprint density at radius 1 is 0.844 bits per heavy atom. The quantitative estimate of drug-likeness (QED) is 0.459. The van der Waals surface area contributed by atoms with Crippen molar-refractivity contribution < 1.29 is 14.4 Å². The molecule has 6 heteroatoms. The summed E-state index contributed by atoms with van der Waals surface area (Å²) in [5, 5.41) is 1.72. The number of para-hydroxylation sites is 1. The fourth-order valence-corrected chi connectivity index (χ4v) is 5.41. The summed E-state index contributed by atoms with van der Waals surface area (Å²) in [6, 6.07) is 21.0. The van der Waals surface area contributed by atoms with Gasteiger partial charge in [-0.15, -0.1) is 0 Å². The molecule has 2 aliphatic heterocycles. The second-order valence-electron chi connectivity index (χ2n) is 8.47. The minimum Gasteiger partial charge on any atom is -0.273 e. The van der Waals surface area contributed by atoms with E-state index in [9.17, 15) is 9.59 Å². The van der Waals surface area contributed by atoms with Gasteiger partial charge in [0.15, 0.2) is 6.10 Å². The fraction of sp³-hybridized carbons (Fsp3) is 0.231. The largest absolute Gasteiger partial charge is 0.273 e. The van der Waals surface area contributed by atoms with E-state index in [0.29, 0.717) is 5.69 Å². The molecule has 0 N–H and O–H groups in total. The molecule has 3 atom stereocenters. The molecule has 0 saturated carbocycles. The van der Waals surface area contributed by atoms with E-state index < -0.39 is 18.1 Å². The van der Waals surface area contributed by atoms with Crippen LogP contribution >= 0.6 is 15.9 Å². The van der Waals surface area contributed by atoms with Gasteiger partial charge in [-0.2, -0.15) is 0 Å². The van der Waals surface area contributed by atoms with E-state index in [1.807, 2.05) is 87.5 Å². The number of nitrogens with zero attached hydrogens (tertiary/aromatic N) is 2. The Balaban J connectivity index is 1.62. The lowest BCUT2D eigenvalue weighted by molar-refractivity contribution is -0.126. The SMILES string of the molecule is Cc1cc(C)c(N2C(=O)C3ON(c4ccccc4)C(c4cccc(Br)c4)C3C2=O)c(C)c1. The van der Waals surface area contributed by atoms with Gasteiger partial charge in [-0.25, -0.2) is 9.96 Å². The number of carbonyl (C=O) groups is 2. The van der Waals surface area contributed by atoms with Crippen molar-refractivity contribution in [2.75, 3.05) is 9.96 Å². The maximum atomic E-state index is 13.8. The highest BCUT2D eigenvalue weighted by Crippen LogP contribution is 2.48. The zero-order chi connectivity index (χ0) is 22.6. The van der Waals surface area contributed by atoms with Crippen LogP contribution in [0.3, 0.4) is 0 Å². The molecule has 3 aromatic carbocycles. The van der Waals surface area contributed by atoms with E-state index in [1.54, 1.807) is 5.06 Å². The van der Waals surface area contributed by atoms with E-state index in [-0.39, 0.29) is 11.8 Å². The molecule has 5 nitrogen and oxygen atoms in total. The van der Waals surface area contributed by atoms with Crippen molar-refractivity contribution in [3.8, 4) is 0 Å². The maximum absolute atomic E-state index is 13.8. The van der Waals surface area contributed by atoms with Gasteiger partial charge in [0, 0.05) is 4.47 Å². The Hall–Kier alpha value is -2.96. The van der Waals surface area contributed by atoms with Gasteiger partial charge >= 0.3 is 0 Å². The summed E-state index contributed by atoms with van der Waals surface area (Å²) < 4.78 is 0.908. The van der Waals surface area contributed by atoms with E-state index in [4.69, 9.17) is 4.84 Å². The van der Waals surface area contributed by atoms with Gasteiger partial charge in [0.2, 0.25) is 5.91 Å². The number of fused-ring (bicyclic) bond motifs is 1.